The summed E-state index contributed by atoms with van der Waals surface area (Å²) in [6, 6.07) is 0. The van der Waals surface area contributed by atoms with E-state index >= 15 is 0 Å². The van der Waals surface area contributed by atoms with Crippen LogP contribution in [0.5, 0.6) is 0 Å². The van der Waals surface area contributed by atoms with Crippen LogP contribution in [-0.2, 0) is 10.8 Å². The van der Waals surface area contributed by atoms with E-state index in [1.807, 2.05) is 0 Å². The molecule has 0 bridgehead atoms. The van der Waals surface area contributed by atoms with Gasteiger partial charge >= 0.3 is 0 Å². The first-order valence-corrected chi connectivity index (χ1v) is 6.48. The molecule has 0 saturated heterocycles. The summed E-state index contributed by atoms with van der Waals surface area (Å²) in [6.07, 6.45) is 4.96. The number of nitrogen functional groups attached to an aromatic ring is 1. The van der Waals surface area contributed by atoms with Gasteiger partial charge in [0.25, 0.3) is 5.91 Å². The van der Waals surface area contributed by atoms with Crippen LogP contribution < -0.4 is 11.1 Å². The second-order valence-corrected chi connectivity index (χ2v) is 4.77. The molecular formula is C9H14N4O2S. The van der Waals surface area contributed by atoms with Gasteiger partial charge in [0.05, 0.1) is 12.4 Å². The van der Waals surface area contributed by atoms with Crippen molar-refractivity contribution in [3.8, 4) is 0 Å². The van der Waals surface area contributed by atoms with Crippen molar-refractivity contribution in [1.82, 2.24) is 15.3 Å². The minimum absolute atomic E-state index is 0.229. The molecule has 0 spiro atoms. The van der Waals surface area contributed by atoms with E-state index in [-0.39, 0.29) is 17.4 Å². The van der Waals surface area contributed by atoms with E-state index in [0.717, 1.165) is 0 Å². The lowest BCUT2D eigenvalue weighted by Crippen LogP contribution is -2.26. The van der Waals surface area contributed by atoms with Gasteiger partial charge in [-0.1, -0.05) is 0 Å². The van der Waals surface area contributed by atoms with Crippen LogP contribution in [0.1, 0.15) is 16.9 Å². The SMILES string of the molecule is CS(=O)CCCNC(=O)c1cnc(N)cn1. The Morgan fingerprint density at radius 1 is 1.50 bits per heavy atom. The van der Waals surface area contributed by atoms with Crippen LogP contribution in [0.2, 0.25) is 0 Å². The molecule has 0 aliphatic carbocycles. The summed E-state index contributed by atoms with van der Waals surface area (Å²) in [5.41, 5.74) is 5.57. The highest BCUT2D eigenvalue weighted by atomic mass is 32.2. The molecule has 6 nitrogen and oxygen atoms in total. The van der Waals surface area contributed by atoms with Gasteiger partial charge in [0.15, 0.2) is 0 Å². The molecule has 3 N–H and O–H groups in total. The number of rotatable bonds is 5. The number of nitrogens with zero attached hydrogens (tertiary/aromatic N) is 2. The van der Waals surface area contributed by atoms with Crippen molar-refractivity contribution >= 4 is 22.5 Å². The topological polar surface area (TPSA) is 98.0 Å². The number of carbonyl (C=O) groups is 1. The number of hydrogen-bond donors (Lipinski definition) is 2. The highest BCUT2D eigenvalue weighted by molar-refractivity contribution is 7.84. The Morgan fingerprint density at radius 2 is 2.25 bits per heavy atom. The van der Waals surface area contributed by atoms with Gasteiger partial charge in [-0.2, -0.15) is 0 Å². The van der Waals surface area contributed by atoms with Gasteiger partial charge in [0.1, 0.15) is 11.5 Å². The second-order valence-electron chi connectivity index (χ2n) is 3.21. The van der Waals surface area contributed by atoms with Gasteiger partial charge in [0.2, 0.25) is 0 Å². The van der Waals surface area contributed by atoms with Crippen molar-refractivity contribution in [2.45, 2.75) is 6.42 Å². The molecule has 0 fully saturated rings. The molecule has 1 aromatic rings. The Hall–Kier alpha value is -1.50. The van der Waals surface area contributed by atoms with E-state index < -0.39 is 10.8 Å². The van der Waals surface area contributed by atoms with Crippen LogP contribution in [0.3, 0.4) is 0 Å². The monoisotopic (exact) mass is 242 g/mol. The highest BCUT2D eigenvalue weighted by Gasteiger charge is 2.06. The molecule has 1 rings (SSSR count). The van der Waals surface area contributed by atoms with E-state index in [2.05, 4.69) is 15.3 Å². The predicted octanol–water partition coefficient (Wildman–Crippen LogP) is -0.443. The number of carbonyl (C=O) groups excluding carboxylic acids is 1. The number of amides is 1. The van der Waals surface area contributed by atoms with Gasteiger partial charge in [-0.3, -0.25) is 9.00 Å². The quantitative estimate of drug-likeness (QED) is 0.682. The second kappa shape index (κ2) is 6.16. The third-order valence-electron chi connectivity index (χ3n) is 1.80. The molecule has 88 valence electrons. The first kappa shape index (κ1) is 12.6. The van der Waals surface area contributed by atoms with Gasteiger partial charge in [-0.05, 0) is 6.42 Å². The summed E-state index contributed by atoms with van der Waals surface area (Å²) in [4.78, 5) is 19.1. The maximum absolute atomic E-state index is 11.5. The van der Waals surface area contributed by atoms with Crippen molar-refractivity contribution in [3.63, 3.8) is 0 Å². The van der Waals surface area contributed by atoms with Gasteiger partial charge in [-0.15, -0.1) is 0 Å². The molecule has 0 aliphatic heterocycles. The molecule has 0 radical (unpaired) electrons. The van der Waals surface area contributed by atoms with Crippen molar-refractivity contribution in [3.05, 3.63) is 18.1 Å². The normalized spacial score (nSPS) is 12.1. The number of anilines is 1. The molecular weight excluding hydrogens is 228 g/mol. The van der Waals surface area contributed by atoms with E-state index in [1.165, 1.54) is 12.4 Å². The summed E-state index contributed by atoms with van der Waals surface area (Å²) < 4.78 is 10.8. The van der Waals surface area contributed by atoms with Gasteiger partial charge in [0, 0.05) is 29.4 Å². The first-order valence-electron chi connectivity index (χ1n) is 4.75. The number of hydrogen-bond acceptors (Lipinski definition) is 5. The number of nitrogens with two attached hydrogens (primary N) is 1. The van der Waals surface area contributed by atoms with Crippen LogP contribution in [-0.4, -0.2) is 38.6 Å². The van der Waals surface area contributed by atoms with Gasteiger partial charge in [-0.25, -0.2) is 9.97 Å². The third kappa shape index (κ3) is 4.35. The van der Waals surface area contributed by atoms with Crippen molar-refractivity contribution in [2.75, 3.05) is 24.3 Å². The van der Waals surface area contributed by atoms with Crippen LogP contribution in [0.25, 0.3) is 0 Å². The first-order chi connectivity index (χ1) is 7.59. The fraction of sp³-hybridized carbons (Fsp3) is 0.444. The molecule has 1 heterocycles. The van der Waals surface area contributed by atoms with E-state index in [4.69, 9.17) is 5.73 Å². The van der Waals surface area contributed by atoms with Crippen molar-refractivity contribution in [2.24, 2.45) is 0 Å². The zero-order valence-corrected chi connectivity index (χ0v) is 9.79. The summed E-state index contributed by atoms with van der Waals surface area (Å²) in [7, 11) is -0.824. The van der Waals surface area contributed by atoms with Crippen LogP contribution in [0, 0.1) is 0 Å². The lowest BCUT2D eigenvalue weighted by molar-refractivity contribution is 0.0948. The smallest absolute Gasteiger partial charge is 0.271 e. The summed E-state index contributed by atoms with van der Waals surface area (Å²) in [6.45, 7) is 0.477. The molecule has 0 aromatic carbocycles. The number of nitrogens with one attached hydrogen (secondary N) is 1. The van der Waals surface area contributed by atoms with E-state index in [0.29, 0.717) is 18.7 Å². The average Bonchev–Trinajstić information content (AvgIpc) is 2.25. The van der Waals surface area contributed by atoms with Crippen LogP contribution >= 0.6 is 0 Å². The van der Waals surface area contributed by atoms with E-state index in [9.17, 15) is 9.00 Å². The molecule has 1 aromatic heterocycles. The summed E-state index contributed by atoms with van der Waals surface area (Å²) in [5.74, 6) is 0.556. The standard InChI is InChI=1S/C9H14N4O2S/c1-16(15)4-2-3-11-9(14)7-5-13-8(10)6-12-7/h5-6H,2-4H2,1H3,(H2,10,13)(H,11,14). The highest BCUT2D eigenvalue weighted by Crippen LogP contribution is 1.95. The Labute approximate surface area is 96.1 Å². The zero-order valence-electron chi connectivity index (χ0n) is 8.97. The maximum Gasteiger partial charge on any atom is 0.271 e. The fourth-order valence-electron chi connectivity index (χ4n) is 1.02. The summed E-state index contributed by atoms with van der Waals surface area (Å²) in [5, 5.41) is 2.66. The molecule has 7 heteroatoms. The average molecular weight is 242 g/mol. The van der Waals surface area contributed by atoms with Crippen molar-refractivity contribution < 1.29 is 9.00 Å². The van der Waals surface area contributed by atoms with Crippen LogP contribution in [0.4, 0.5) is 5.82 Å². The Balaban J connectivity index is 2.35. The molecule has 1 unspecified atom stereocenters. The lowest BCUT2D eigenvalue weighted by Gasteiger charge is -2.03. The Bertz CT molecular complexity index is 380. The van der Waals surface area contributed by atoms with E-state index in [1.54, 1.807) is 6.26 Å². The van der Waals surface area contributed by atoms with Crippen LogP contribution in [0.15, 0.2) is 12.4 Å². The minimum atomic E-state index is -0.824. The largest absolute Gasteiger partial charge is 0.382 e. The molecule has 0 aliphatic rings. The summed E-state index contributed by atoms with van der Waals surface area (Å²) >= 11 is 0. The zero-order chi connectivity index (χ0) is 12.0. The predicted molar refractivity (Wildman–Crippen MR) is 62.3 cm³/mol. The third-order valence-corrected chi connectivity index (χ3v) is 2.66. The Kier molecular flexibility index (Phi) is 4.84. The van der Waals surface area contributed by atoms with Gasteiger partial charge < -0.3 is 11.1 Å². The lowest BCUT2D eigenvalue weighted by atomic mass is 10.4. The Morgan fingerprint density at radius 3 is 2.81 bits per heavy atom. The van der Waals surface area contributed by atoms with Crippen molar-refractivity contribution in [1.29, 1.82) is 0 Å². The molecule has 1 atom stereocenters. The molecule has 1 amide bonds. The fourth-order valence-corrected chi connectivity index (χ4v) is 1.57. The molecule has 16 heavy (non-hydrogen) atoms. The minimum Gasteiger partial charge on any atom is -0.382 e. The number of aromatic nitrogens is 2. The molecule has 0 saturated carbocycles. The maximum atomic E-state index is 11.5.